The summed E-state index contributed by atoms with van der Waals surface area (Å²) in [5.74, 6) is 0.855. The molecule has 0 radical (unpaired) electrons. The van der Waals surface area contributed by atoms with Crippen LogP contribution in [0.3, 0.4) is 0 Å². The van der Waals surface area contributed by atoms with Gasteiger partial charge in [-0.15, -0.1) is 5.10 Å². The second kappa shape index (κ2) is 11.7. The first-order chi connectivity index (χ1) is 15.5. The molecular formula is C20H25ClN8O2S. The summed E-state index contributed by atoms with van der Waals surface area (Å²) in [6.45, 7) is 4.26. The van der Waals surface area contributed by atoms with Crippen LogP contribution in [0.2, 0.25) is 5.15 Å². The molecule has 10 nitrogen and oxygen atoms in total. The second-order valence-electron chi connectivity index (χ2n) is 6.85. The van der Waals surface area contributed by atoms with Gasteiger partial charge in [0.15, 0.2) is 11.5 Å². The molecule has 1 fully saturated rings. The van der Waals surface area contributed by atoms with E-state index in [0.717, 1.165) is 36.0 Å². The first-order valence-electron chi connectivity index (χ1n) is 9.89. The minimum absolute atomic E-state index is 0.344. The van der Waals surface area contributed by atoms with Crippen molar-refractivity contribution in [3.8, 4) is 11.4 Å². The fourth-order valence-electron chi connectivity index (χ4n) is 2.76. The smallest absolute Gasteiger partial charge is 0.293 e. The quantitative estimate of drug-likeness (QED) is 0.254. The van der Waals surface area contributed by atoms with Gasteiger partial charge in [0.1, 0.15) is 11.3 Å². The maximum absolute atomic E-state index is 10.0. The van der Waals surface area contributed by atoms with Crippen molar-refractivity contribution < 1.29 is 9.53 Å². The van der Waals surface area contributed by atoms with Crippen molar-refractivity contribution in [1.29, 1.82) is 0 Å². The largest absolute Gasteiger partial charge is 0.460 e. The molecule has 0 aromatic carbocycles. The van der Waals surface area contributed by atoms with Crippen molar-refractivity contribution in [1.82, 2.24) is 30.3 Å². The number of rotatable bonds is 8. The van der Waals surface area contributed by atoms with Gasteiger partial charge in [0.05, 0.1) is 17.6 Å². The van der Waals surface area contributed by atoms with Crippen LogP contribution in [0.4, 0.5) is 11.5 Å². The number of pyridine rings is 2. The van der Waals surface area contributed by atoms with Crippen LogP contribution >= 0.6 is 23.5 Å². The van der Waals surface area contributed by atoms with Crippen molar-refractivity contribution >= 4 is 41.5 Å². The summed E-state index contributed by atoms with van der Waals surface area (Å²) < 4.78 is 9.72. The van der Waals surface area contributed by atoms with E-state index in [0.29, 0.717) is 22.4 Å². The molecule has 0 spiro atoms. The average molecular weight is 477 g/mol. The lowest BCUT2D eigenvalue weighted by atomic mass is 10.2. The lowest BCUT2D eigenvalue weighted by Gasteiger charge is -2.26. The van der Waals surface area contributed by atoms with Gasteiger partial charge in [-0.25, -0.2) is 9.67 Å². The van der Waals surface area contributed by atoms with E-state index in [-0.39, 0.29) is 6.10 Å². The Morgan fingerprint density at radius 1 is 1.34 bits per heavy atom. The molecule has 3 N–H and O–H groups in total. The highest BCUT2D eigenvalue weighted by atomic mass is 35.5. The van der Waals surface area contributed by atoms with Crippen molar-refractivity contribution in [3.63, 3.8) is 0 Å². The van der Waals surface area contributed by atoms with Crippen molar-refractivity contribution in [3.05, 3.63) is 47.4 Å². The van der Waals surface area contributed by atoms with Crippen molar-refractivity contribution in [2.75, 3.05) is 30.2 Å². The van der Waals surface area contributed by atoms with E-state index in [1.807, 2.05) is 32.4 Å². The van der Waals surface area contributed by atoms with E-state index in [2.05, 4.69) is 35.6 Å². The number of anilines is 2. The van der Waals surface area contributed by atoms with Crippen LogP contribution in [-0.4, -0.2) is 56.8 Å². The Hall–Kier alpha value is -2.89. The number of carbonyl (C=O) groups excluding carboxylic acids is 1. The third-order valence-corrected chi connectivity index (χ3v) is 5.98. The Kier molecular flexibility index (Phi) is 8.65. The molecule has 0 saturated carbocycles. The molecule has 3 aromatic rings. The van der Waals surface area contributed by atoms with Gasteiger partial charge >= 0.3 is 0 Å². The molecule has 1 saturated heterocycles. The average Bonchev–Trinajstić information content (AvgIpc) is 3.14. The van der Waals surface area contributed by atoms with Gasteiger partial charge in [-0.2, -0.15) is 0 Å². The number of halogens is 1. The van der Waals surface area contributed by atoms with Gasteiger partial charge in [0.2, 0.25) is 0 Å². The highest BCUT2D eigenvalue weighted by Gasteiger charge is 2.17. The highest BCUT2D eigenvalue weighted by Crippen LogP contribution is 2.25. The summed E-state index contributed by atoms with van der Waals surface area (Å²) >= 11 is 7.48. The van der Waals surface area contributed by atoms with Crippen molar-refractivity contribution in [2.24, 2.45) is 7.05 Å². The van der Waals surface area contributed by atoms with Crippen molar-refractivity contribution in [2.45, 2.75) is 18.3 Å². The number of aromatic nitrogens is 5. The van der Waals surface area contributed by atoms with Crippen LogP contribution in [0.1, 0.15) is 18.6 Å². The molecule has 0 bridgehead atoms. The number of aryl methyl sites for hydroxylation is 1. The van der Waals surface area contributed by atoms with Crippen LogP contribution in [-0.2, 0) is 16.6 Å². The van der Waals surface area contributed by atoms with Gasteiger partial charge in [-0.1, -0.05) is 22.9 Å². The molecule has 32 heavy (non-hydrogen) atoms. The third-order valence-electron chi connectivity index (χ3n) is 4.64. The number of ether oxygens (including phenoxy) is 1. The summed E-state index contributed by atoms with van der Waals surface area (Å²) in [7, 11) is 3.70. The molecule has 12 heteroatoms. The summed E-state index contributed by atoms with van der Waals surface area (Å²) in [6.07, 6.45) is 3.06. The van der Waals surface area contributed by atoms with Crippen LogP contribution in [0.15, 0.2) is 36.7 Å². The summed E-state index contributed by atoms with van der Waals surface area (Å²) in [5.41, 5.74) is 3.28. The topological polar surface area (TPSA) is 119 Å². The van der Waals surface area contributed by atoms with Gasteiger partial charge in [0, 0.05) is 44.2 Å². The van der Waals surface area contributed by atoms with E-state index in [4.69, 9.17) is 16.3 Å². The lowest BCUT2D eigenvalue weighted by molar-refractivity contribution is -0.133. The second-order valence-corrected chi connectivity index (χ2v) is 8.32. The third kappa shape index (κ3) is 6.09. The molecule has 1 aliphatic rings. The standard InChI is InChI=1S/C12H17N7S.C8H8ClNO2/c1-13-12-11(16-18-19(12)2)10-4-3-8(5-15-10)17-20-9-6-14-7-9;1-6(12-5-11)7-3-2-4-10-8(7)9/h3-5,9,13-14,17H,6-7H2,1-2H3;2-6H,1H3. The van der Waals surface area contributed by atoms with Gasteiger partial charge in [-0.05, 0) is 37.1 Å². The normalized spacial score (nSPS) is 13.9. The molecule has 1 atom stereocenters. The predicted octanol–water partition coefficient (Wildman–Crippen LogP) is 2.92. The highest BCUT2D eigenvalue weighted by molar-refractivity contribution is 8.01. The van der Waals surface area contributed by atoms with Gasteiger partial charge in [-0.3, -0.25) is 9.78 Å². The number of nitrogens with one attached hydrogen (secondary N) is 3. The minimum Gasteiger partial charge on any atom is -0.460 e. The molecule has 4 rings (SSSR count). The predicted molar refractivity (Wildman–Crippen MR) is 126 cm³/mol. The summed E-state index contributed by atoms with van der Waals surface area (Å²) in [6, 6.07) is 7.47. The lowest BCUT2D eigenvalue weighted by Crippen LogP contribution is -2.45. The fraction of sp³-hybridized carbons (Fsp3) is 0.350. The van der Waals surface area contributed by atoms with Gasteiger partial charge < -0.3 is 20.1 Å². The van der Waals surface area contributed by atoms with Crippen LogP contribution in [0.25, 0.3) is 11.4 Å². The van der Waals surface area contributed by atoms with Crippen LogP contribution in [0.5, 0.6) is 0 Å². The van der Waals surface area contributed by atoms with Crippen LogP contribution in [0, 0.1) is 0 Å². The van der Waals surface area contributed by atoms with Crippen LogP contribution < -0.4 is 15.4 Å². The number of carbonyl (C=O) groups is 1. The zero-order chi connectivity index (χ0) is 22.9. The number of hydrogen-bond acceptors (Lipinski definition) is 10. The number of hydrogen-bond donors (Lipinski definition) is 3. The monoisotopic (exact) mass is 476 g/mol. The fourth-order valence-corrected chi connectivity index (χ4v) is 3.86. The van der Waals surface area contributed by atoms with E-state index in [1.54, 1.807) is 41.9 Å². The van der Waals surface area contributed by atoms with Gasteiger partial charge in [0.25, 0.3) is 6.47 Å². The Morgan fingerprint density at radius 3 is 2.75 bits per heavy atom. The Balaban J connectivity index is 0.000000207. The summed E-state index contributed by atoms with van der Waals surface area (Å²) in [5, 5.41) is 15.5. The molecule has 3 aromatic heterocycles. The van der Waals surface area contributed by atoms with E-state index >= 15 is 0 Å². The first-order valence-corrected chi connectivity index (χ1v) is 11.1. The Labute approximate surface area is 195 Å². The molecule has 170 valence electrons. The summed E-state index contributed by atoms with van der Waals surface area (Å²) in [4.78, 5) is 18.3. The molecule has 1 aliphatic heterocycles. The Bertz CT molecular complexity index is 1010. The molecule has 4 heterocycles. The SMILES string of the molecule is CC(OC=O)c1cccnc1Cl.CNc1c(-c2ccc(NSC3CNC3)cn2)nnn1C. The maximum Gasteiger partial charge on any atom is 0.293 e. The molecule has 1 unspecified atom stereocenters. The van der Waals surface area contributed by atoms with E-state index in [9.17, 15) is 4.79 Å². The zero-order valence-electron chi connectivity index (χ0n) is 17.9. The molecule has 0 aliphatic carbocycles. The Morgan fingerprint density at radius 2 is 2.16 bits per heavy atom. The molecular weight excluding hydrogens is 452 g/mol. The first kappa shape index (κ1) is 23.8. The minimum atomic E-state index is -0.344. The number of nitrogens with zero attached hydrogens (tertiary/aromatic N) is 5. The van der Waals surface area contributed by atoms with E-state index < -0.39 is 0 Å². The molecule has 0 amide bonds. The maximum atomic E-state index is 10.0. The zero-order valence-corrected chi connectivity index (χ0v) is 19.5. The van der Waals surface area contributed by atoms with E-state index in [1.165, 1.54) is 0 Å².